The first-order valence-corrected chi connectivity index (χ1v) is 18.3. The summed E-state index contributed by atoms with van der Waals surface area (Å²) < 4.78 is 21.5. The van der Waals surface area contributed by atoms with Gasteiger partial charge in [-0.1, -0.05) is 90.9 Å². The second-order valence-electron chi connectivity index (χ2n) is 12.4. The van der Waals surface area contributed by atoms with E-state index in [4.69, 9.17) is 18.9 Å². The summed E-state index contributed by atoms with van der Waals surface area (Å²) >= 11 is 0. The van der Waals surface area contributed by atoms with E-state index in [9.17, 15) is 19.5 Å². The van der Waals surface area contributed by atoms with E-state index >= 15 is 0 Å². The van der Waals surface area contributed by atoms with E-state index in [1.54, 1.807) is 7.11 Å². The molecule has 45 heavy (non-hydrogen) atoms. The van der Waals surface area contributed by atoms with Gasteiger partial charge in [-0.3, -0.25) is 14.4 Å². The Labute approximate surface area is 275 Å². The van der Waals surface area contributed by atoms with Gasteiger partial charge in [0.25, 0.3) is 0 Å². The Morgan fingerprint density at radius 2 is 0.911 bits per heavy atom. The fourth-order valence-electron chi connectivity index (χ4n) is 5.11. The van der Waals surface area contributed by atoms with Gasteiger partial charge in [0.2, 0.25) is 0 Å². The number of hydrogen-bond acceptors (Lipinski definition) is 9. The van der Waals surface area contributed by atoms with Gasteiger partial charge in [0.15, 0.2) is 0 Å². The summed E-state index contributed by atoms with van der Waals surface area (Å²) in [4.78, 5) is 39.2. The van der Waals surface area contributed by atoms with Crippen LogP contribution >= 0.6 is 0 Å². The molecule has 9 nitrogen and oxygen atoms in total. The lowest BCUT2D eigenvalue weighted by Crippen LogP contribution is -2.29. The molecule has 0 heterocycles. The quantitative estimate of drug-likeness (QED) is 0.0435. The van der Waals surface area contributed by atoms with Gasteiger partial charge in [0.05, 0.1) is 12.5 Å². The van der Waals surface area contributed by atoms with Gasteiger partial charge in [0.1, 0.15) is 19.8 Å². The summed E-state index contributed by atoms with van der Waals surface area (Å²) in [7, 11) is 1.74. The number of carbonyl (C=O) groups excluding carboxylic acids is 3. The minimum Gasteiger partial charge on any atom is -0.465 e. The topological polar surface area (TPSA) is 112 Å². The Bertz CT molecular complexity index is 690. The summed E-state index contributed by atoms with van der Waals surface area (Å²) in [6, 6.07) is 0. The van der Waals surface area contributed by atoms with Crippen LogP contribution in [0.25, 0.3) is 0 Å². The number of aliphatic hydroxyl groups excluding tert-OH is 1. The van der Waals surface area contributed by atoms with E-state index in [0.717, 1.165) is 96.7 Å². The second-order valence-corrected chi connectivity index (χ2v) is 12.4. The maximum Gasteiger partial charge on any atom is 0.305 e. The van der Waals surface area contributed by atoms with E-state index < -0.39 is 0 Å². The van der Waals surface area contributed by atoms with Crippen LogP contribution in [0.4, 0.5) is 0 Å². The van der Waals surface area contributed by atoms with Gasteiger partial charge in [-0.2, -0.15) is 0 Å². The molecular weight excluding hydrogens is 574 g/mol. The highest BCUT2D eigenvalue weighted by atomic mass is 16.6. The normalized spacial score (nSPS) is 11.9. The molecule has 1 atom stereocenters. The Morgan fingerprint density at radius 1 is 0.533 bits per heavy atom. The Kier molecular flexibility index (Phi) is 32.4. The van der Waals surface area contributed by atoms with Crippen LogP contribution in [0, 0.1) is 5.92 Å². The first-order chi connectivity index (χ1) is 22.0. The van der Waals surface area contributed by atoms with Gasteiger partial charge in [-0.25, -0.2) is 0 Å². The predicted octanol–water partition coefficient (Wildman–Crippen LogP) is 7.40. The maximum absolute atomic E-state index is 12.5. The molecule has 0 aliphatic heterocycles. The number of unbranched alkanes of at least 4 members (excludes halogenated alkanes) is 14. The van der Waals surface area contributed by atoms with E-state index in [1.165, 1.54) is 38.5 Å². The van der Waals surface area contributed by atoms with Crippen LogP contribution in [0.2, 0.25) is 0 Å². The van der Waals surface area contributed by atoms with Crippen molar-refractivity contribution in [3.8, 4) is 0 Å². The first-order valence-electron chi connectivity index (χ1n) is 18.3. The highest BCUT2D eigenvalue weighted by Gasteiger charge is 2.18. The van der Waals surface area contributed by atoms with E-state index in [-0.39, 0.29) is 50.3 Å². The number of methoxy groups -OCH3 is 1. The highest BCUT2D eigenvalue weighted by Crippen LogP contribution is 2.11. The zero-order valence-electron chi connectivity index (χ0n) is 29.3. The lowest BCUT2D eigenvalue weighted by molar-refractivity contribution is -0.153. The lowest BCUT2D eigenvalue weighted by Gasteiger charge is -2.21. The van der Waals surface area contributed by atoms with Gasteiger partial charge in [-0.15, -0.1) is 0 Å². The second kappa shape index (κ2) is 33.6. The third-order valence-electron chi connectivity index (χ3n) is 8.00. The van der Waals surface area contributed by atoms with Crippen LogP contribution < -0.4 is 0 Å². The number of aliphatic hydroxyl groups is 1. The van der Waals surface area contributed by atoms with Crippen molar-refractivity contribution in [3.05, 3.63) is 0 Å². The highest BCUT2D eigenvalue weighted by molar-refractivity contribution is 5.70. The van der Waals surface area contributed by atoms with Crippen molar-refractivity contribution in [1.29, 1.82) is 0 Å². The van der Waals surface area contributed by atoms with Crippen molar-refractivity contribution >= 4 is 17.9 Å². The number of hydrogen-bond donors (Lipinski definition) is 1. The van der Waals surface area contributed by atoms with Crippen molar-refractivity contribution in [2.45, 2.75) is 149 Å². The minimum atomic E-state index is -0.380. The zero-order valence-corrected chi connectivity index (χ0v) is 29.3. The molecule has 0 aliphatic carbocycles. The van der Waals surface area contributed by atoms with Crippen LogP contribution in [0.5, 0.6) is 0 Å². The first kappa shape index (κ1) is 43.3. The maximum atomic E-state index is 12.5. The molecule has 0 radical (unpaired) electrons. The third-order valence-corrected chi connectivity index (χ3v) is 8.00. The molecule has 0 saturated carbocycles. The zero-order chi connectivity index (χ0) is 33.2. The van der Waals surface area contributed by atoms with Crippen LogP contribution in [-0.2, 0) is 33.3 Å². The Morgan fingerprint density at radius 3 is 1.36 bits per heavy atom. The molecule has 266 valence electrons. The monoisotopic (exact) mass is 644 g/mol. The van der Waals surface area contributed by atoms with Crippen LogP contribution in [-0.4, -0.2) is 87.7 Å². The van der Waals surface area contributed by atoms with Crippen molar-refractivity contribution < 1.29 is 38.4 Å². The molecule has 0 rings (SSSR count). The molecule has 0 spiro atoms. The van der Waals surface area contributed by atoms with E-state index in [1.807, 2.05) is 0 Å². The van der Waals surface area contributed by atoms with Crippen LogP contribution in [0.1, 0.15) is 149 Å². The third kappa shape index (κ3) is 30.7. The molecule has 1 unspecified atom stereocenters. The van der Waals surface area contributed by atoms with E-state index in [2.05, 4.69) is 18.7 Å². The minimum absolute atomic E-state index is 0.0575. The van der Waals surface area contributed by atoms with Crippen LogP contribution in [0.3, 0.4) is 0 Å². The Hall–Kier alpha value is -1.71. The fraction of sp³-hybridized carbons (Fsp3) is 0.917. The van der Waals surface area contributed by atoms with Crippen molar-refractivity contribution in [2.75, 3.05) is 59.8 Å². The Balaban J connectivity index is 4.40. The molecule has 0 amide bonds. The molecule has 0 bridgehead atoms. The molecular formula is C36H69NO8. The molecule has 0 aromatic carbocycles. The van der Waals surface area contributed by atoms with Crippen LogP contribution in [0.15, 0.2) is 0 Å². The fourth-order valence-corrected chi connectivity index (χ4v) is 5.11. The molecule has 9 heteroatoms. The number of esters is 3. The molecule has 0 aromatic heterocycles. The number of rotatable bonds is 34. The van der Waals surface area contributed by atoms with Crippen molar-refractivity contribution in [2.24, 2.45) is 5.92 Å². The summed E-state index contributed by atoms with van der Waals surface area (Å²) in [6.45, 7) is 8.06. The summed E-state index contributed by atoms with van der Waals surface area (Å²) in [5, 5.41) is 9.41. The molecule has 0 aromatic rings. The molecule has 0 saturated heterocycles. The lowest BCUT2D eigenvalue weighted by atomic mass is 10.1. The molecule has 0 aliphatic rings. The average molecular weight is 644 g/mol. The smallest absolute Gasteiger partial charge is 0.305 e. The summed E-state index contributed by atoms with van der Waals surface area (Å²) in [5.74, 6) is -1.19. The van der Waals surface area contributed by atoms with Gasteiger partial charge in [0, 0.05) is 39.5 Å². The SMILES string of the molecule is CCCCCCCCC(=O)OCC(COC(=O)CCCCCC)COC(=O)CCCCCN(CCO)CCCCCCCOC. The van der Waals surface area contributed by atoms with Crippen molar-refractivity contribution in [1.82, 2.24) is 4.90 Å². The summed E-state index contributed by atoms with van der Waals surface area (Å²) in [6.07, 6.45) is 20.1. The molecule has 1 N–H and O–H groups in total. The average Bonchev–Trinajstić information content (AvgIpc) is 3.03. The van der Waals surface area contributed by atoms with Gasteiger partial charge < -0.3 is 29.0 Å². The number of ether oxygens (including phenoxy) is 4. The van der Waals surface area contributed by atoms with Gasteiger partial charge in [-0.05, 0) is 51.6 Å². The standard InChI is InChI=1S/C36H69NO8/c1-4-6-8-10-12-17-23-35(40)44-31-33(30-43-34(39)22-16-9-7-5-2)32-45-36(41)24-18-15-20-26-37(27-28-38)25-19-13-11-14-21-29-42-3/h33,38H,4-32H2,1-3H3. The number of carbonyl (C=O) groups is 3. The van der Waals surface area contributed by atoms with E-state index in [0.29, 0.717) is 25.8 Å². The number of nitrogens with zero attached hydrogens (tertiary/aromatic N) is 1. The van der Waals surface area contributed by atoms with Crippen molar-refractivity contribution in [3.63, 3.8) is 0 Å². The molecule has 0 fully saturated rings. The summed E-state index contributed by atoms with van der Waals surface area (Å²) in [5.41, 5.74) is 0. The largest absolute Gasteiger partial charge is 0.465 e. The van der Waals surface area contributed by atoms with Gasteiger partial charge >= 0.3 is 17.9 Å². The predicted molar refractivity (Wildman–Crippen MR) is 180 cm³/mol.